The fourth-order valence-electron chi connectivity index (χ4n) is 1.15. The summed E-state index contributed by atoms with van der Waals surface area (Å²) in [6.07, 6.45) is 0.654. The molecular weight excluding hydrogens is 232 g/mol. The summed E-state index contributed by atoms with van der Waals surface area (Å²) in [5, 5.41) is 5.02. The SMILES string of the molecule is C[Si](C)(C)CNC(=O)NC(=O)c1ccccc1. The molecule has 1 aromatic rings. The number of imide groups is 1. The summed E-state index contributed by atoms with van der Waals surface area (Å²) in [5.41, 5.74) is 0.482. The second-order valence-electron chi connectivity index (χ2n) is 5.06. The lowest BCUT2D eigenvalue weighted by molar-refractivity contribution is 0.0964. The molecule has 0 aliphatic carbocycles. The van der Waals surface area contributed by atoms with Gasteiger partial charge in [0.25, 0.3) is 5.91 Å². The molecule has 92 valence electrons. The van der Waals surface area contributed by atoms with Crippen molar-refractivity contribution in [3.63, 3.8) is 0 Å². The Morgan fingerprint density at radius 1 is 1.12 bits per heavy atom. The minimum Gasteiger partial charge on any atom is -0.341 e. The first-order valence-electron chi connectivity index (χ1n) is 5.53. The average Bonchev–Trinajstić information content (AvgIpc) is 2.27. The van der Waals surface area contributed by atoms with E-state index in [1.807, 2.05) is 6.07 Å². The van der Waals surface area contributed by atoms with E-state index in [9.17, 15) is 9.59 Å². The van der Waals surface area contributed by atoms with E-state index >= 15 is 0 Å². The van der Waals surface area contributed by atoms with Crippen LogP contribution < -0.4 is 10.6 Å². The molecule has 1 aromatic carbocycles. The van der Waals surface area contributed by atoms with Crippen LogP contribution >= 0.6 is 0 Å². The normalized spacial score (nSPS) is 10.8. The Labute approximate surface area is 102 Å². The van der Waals surface area contributed by atoms with Crippen LogP contribution in [0.15, 0.2) is 30.3 Å². The van der Waals surface area contributed by atoms with Crippen molar-refractivity contribution in [1.29, 1.82) is 0 Å². The molecule has 5 heteroatoms. The molecule has 1 rings (SSSR count). The minimum atomic E-state index is -1.33. The van der Waals surface area contributed by atoms with Crippen LogP contribution in [-0.2, 0) is 0 Å². The molecule has 0 fully saturated rings. The number of carbonyl (C=O) groups excluding carboxylic acids is 2. The smallest absolute Gasteiger partial charge is 0.321 e. The Morgan fingerprint density at radius 2 is 1.71 bits per heavy atom. The molecule has 0 saturated heterocycles. The highest BCUT2D eigenvalue weighted by Gasteiger charge is 2.15. The zero-order chi connectivity index (χ0) is 12.9. The summed E-state index contributed by atoms with van der Waals surface area (Å²) < 4.78 is 0. The second kappa shape index (κ2) is 5.63. The van der Waals surface area contributed by atoms with Gasteiger partial charge in [-0.1, -0.05) is 37.8 Å². The molecule has 0 spiro atoms. The summed E-state index contributed by atoms with van der Waals surface area (Å²) in [6, 6.07) is 8.25. The molecule has 17 heavy (non-hydrogen) atoms. The van der Waals surface area contributed by atoms with Crippen LogP contribution in [0.25, 0.3) is 0 Å². The number of hydrogen-bond acceptors (Lipinski definition) is 2. The lowest BCUT2D eigenvalue weighted by Crippen LogP contribution is -2.46. The van der Waals surface area contributed by atoms with E-state index in [0.29, 0.717) is 11.7 Å². The first-order valence-corrected chi connectivity index (χ1v) is 9.23. The molecule has 4 nitrogen and oxygen atoms in total. The third kappa shape index (κ3) is 5.30. The Hall–Kier alpha value is -1.62. The number of benzene rings is 1. The quantitative estimate of drug-likeness (QED) is 0.806. The van der Waals surface area contributed by atoms with Crippen molar-refractivity contribution in [3.8, 4) is 0 Å². The van der Waals surface area contributed by atoms with Gasteiger partial charge in [-0.25, -0.2) is 4.79 Å². The van der Waals surface area contributed by atoms with Gasteiger partial charge in [0.2, 0.25) is 0 Å². The highest BCUT2D eigenvalue weighted by molar-refractivity contribution is 6.76. The highest BCUT2D eigenvalue weighted by atomic mass is 28.3. The van der Waals surface area contributed by atoms with Gasteiger partial charge in [-0.15, -0.1) is 0 Å². The van der Waals surface area contributed by atoms with Crippen molar-refractivity contribution in [2.45, 2.75) is 19.6 Å². The Morgan fingerprint density at radius 3 is 2.24 bits per heavy atom. The lowest BCUT2D eigenvalue weighted by atomic mass is 10.2. The molecule has 0 unspecified atom stereocenters. The molecule has 0 saturated carbocycles. The van der Waals surface area contributed by atoms with E-state index in [2.05, 4.69) is 30.3 Å². The van der Waals surface area contributed by atoms with Crippen LogP contribution in [0, 0.1) is 0 Å². The maximum Gasteiger partial charge on any atom is 0.321 e. The monoisotopic (exact) mass is 250 g/mol. The first kappa shape index (κ1) is 13.4. The van der Waals surface area contributed by atoms with E-state index in [1.165, 1.54) is 0 Å². The van der Waals surface area contributed by atoms with Gasteiger partial charge in [0.15, 0.2) is 0 Å². The van der Waals surface area contributed by atoms with E-state index in [1.54, 1.807) is 24.3 Å². The summed E-state index contributed by atoms with van der Waals surface area (Å²) in [6.45, 7) is 6.44. The van der Waals surface area contributed by atoms with Gasteiger partial charge in [-0.2, -0.15) is 0 Å². The van der Waals surface area contributed by atoms with E-state index in [0.717, 1.165) is 0 Å². The maximum absolute atomic E-state index is 11.6. The molecule has 0 atom stereocenters. The molecule has 0 bridgehead atoms. The van der Waals surface area contributed by atoms with Gasteiger partial charge >= 0.3 is 6.03 Å². The molecule has 0 aliphatic rings. The van der Waals surface area contributed by atoms with Crippen LogP contribution in [0.3, 0.4) is 0 Å². The predicted molar refractivity (Wildman–Crippen MR) is 70.7 cm³/mol. The predicted octanol–water partition coefficient (Wildman–Crippen LogP) is 2.00. The van der Waals surface area contributed by atoms with Crippen LogP contribution in [0.1, 0.15) is 10.4 Å². The largest absolute Gasteiger partial charge is 0.341 e. The summed E-state index contributed by atoms with van der Waals surface area (Å²) >= 11 is 0. The lowest BCUT2D eigenvalue weighted by Gasteiger charge is -2.16. The molecule has 3 amide bonds. The summed E-state index contributed by atoms with van der Waals surface area (Å²) in [5.74, 6) is -0.376. The third-order valence-corrected chi connectivity index (χ3v) is 3.28. The van der Waals surface area contributed by atoms with Gasteiger partial charge in [0.05, 0.1) is 8.07 Å². The van der Waals surface area contributed by atoms with E-state index in [-0.39, 0.29) is 5.91 Å². The van der Waals surface area contributed by atoms with Crippen LogP contribution in [0.4, 0.5) is 4.79 Å². The van der Waals surface area contributed by atoms with Gasteiger partial charge in [0, 0.05) is 11.7 Å². The topological polar surface area (TPSA) is 58.2 Å². The summed E-state index contributed by atoms with van der Waals surface area (Å²) in [4.78, 5) is 23.1. The zero-order valence-corrected chi connectivity index (χ0v) is 11.4. The van der Waals surface area contributed by atoms with Crippen LogP contribution in [0.2, 0.25) is 19.6 Å². The third-order valence-electron chi connectivity index (χ3n) is 2.04. The maximum atomic E-state index is 11.6. The van der Waals surface area contributed by atoms with E-state index < -0.39 is 14.1 Å². The standard InChI is InChI=1S/C12H18N2O2Si/c1-17(2,3)9-13-12(16)14-11(15)10-7-5-4-6-8-10/h4-8H,9H2,1-3H3,(H2,13,14,15,16). The number of urea groups is 1. The second-order valence-corrected chi connectivity index (χ2v) is 10.5. The fraction of sp³-hybridized carbons (Fsp3) is 0.333. The van der Waals surface area contributed by atoms with Crippen molar-refractivity contribution < 1.29 is 9.59 Å². The van der Waals surface area contributed by atoms with E-state index in [4.69, 9.17) is 0 Å². The van der Waals surface area contributed by atoms with Gasteiger partial charge < -0.3 is 5.32 Å². The molecular formula is C12H18N2O2Si. The minimum absolute atomic E-state index is 0.376. The van der Waals surface area contributed by atoms with Crippen LogP contribution in [-0.4, -0.2) is 26.2 Å². The number of rotatable bonds is 3. The first-order chi connectivity index (χ1) is 7.88. The Kier molecular flexibility index (Phi) is 4.45. The Balaban J connectivity index is 2.45. The average molecular weight is 250 g/mol. The number of nitrogens with one attached hydrogen (secondary N) is 2. The Bertz CT molecular complexity index is 399. The fourth-order valence-corrected chi connectivity index (χ4v) is 1.85. The van der Waals surface area contributed by atoms with Gasteiger partial charge in [-0.3, -0.25) is 10.1 Å². The van der Waals surface area contributed by atoms with Crippen molar-refractivity contribution in [2.24, 2.45) is 0 Å². The van der Waals surface area contributed by atoms with Crippen molar-refractivity contribution >= 4 is 20.0 Å². The molecule has 0 aliphatic heterocycles. The zero-order valence-electron chi connectivity index (χ0n) is 10.4. The highest BCUT2D eigenvalue weighted by Crippen LogP contribution is 1.98. The van der Waals surface area contributed by atoms with Crippen molar-refractivity contribution in [1.82, 2.24) is 10.6 Å². The van der Waals surface area contributed by atoms with Gasteiger partial charge in [-0.05, 0) is 12.1 Å². The number of hydrogen-bond donors (Lipinski definition) is 2. The number of carbonyl (C=O) groups is 2. The van der Waals surface area contributed by atoms with Crippen LogP contribution in [0.5, 0.6) is 0 Å². The van der Waals surface area contributed by atoms with Crippen molar-refractivity contribution in [3.05, 3.63) is 35.9 Å². The van der Waals surface area contributed by atoms with Gasteiger partial charge in [0.1, 0.15) is 0 Å². The molecule has 0 aromatic heterocycles. The number of amides is 3. The molecule has 0 radical (unpaired) electrons. The molecule has 2 N–H and O–H groups in total. The summed E-state index contributed by atoms with van der Waals surface area (Å²) in [7, 11) is -1.33. The molecule has 0 heterocycles. The van der Waals surface area contributed by atoms with Crippen molar-refractivity contribution in [2.75, 3.05) is 6.17 Å².